The van der Waals surface area contributed by atoms with E-state index in [2.05, 4.69) is 15.5 Å². The summed E-state index contributed by atoms with van der Waals surface area (Å²) in [6, 6.07) is -0.185. The fourth-order valence-electron chi connectivity index (χ4n) is 0.958. The first kappa shape index (κ1) is 11.0. The zero-order valence-electron chi connectivity index (χ0n) is 8.13. The molecule has 4 nitrogen and oxygen atoms in total. The van der Waals surface area contributed by atoms with E-state index in [9.17, 15) is 8.78 Å². The van der Waals surface area contributed by atoms with E-state index in [-0.39, 0.29) is 11.9 Å². The van der Waals surface area contributed by atoms with Crippen molar-refractivity contribution in [1.29, 1.82) is 0 Å². The molecule has 6 heteroatoms. The van der Waals surface area contributed by atoms with Crippen LogP contribution in [0.4, 0.5) is 8.78 Å². The van der Waals surface area contributed by atoms with Crippen molar-refractivity contribution < 1.29 is 13.2 Å². The van der Waals surface area contributed by atoms with Gasteiger partial charge in [-0.2, -0.15) is 8.78 Å². The Morgan fingerprint density at radius 3 is 2.50 bits per heavy atom. The summed E-state index contributed by atoms with van der Waals surface area (Å²) < 4.78 is 28.9. The van der Waals surface area contributed by atoms with Crippen LogP contribution < -0.4 is 5.32 Å². The lowest BCUT2D eigenvalue weighted by Crippen LogP contribution is -2.19. The van der Waals surface area contributed by atoms with E-state index in [0.717, 1.165) is 13.0 Å². The largest absolute Gasteiger partial charge is 0.418 e. The van der Waals surface area contributed by atoms with Crippen LogP contribution in [0, 0.1) is 0 Å². The highest BCUT2D eigenvalue weighted by Crippen LogP contribution is 2.19. The van der Waals surface area contributed by atoms with Gasteiger partial charge in [0.05, 0.1) is 6.04 Å². The highest BCUT2D eigenvalue weighted by Gasteiger charge is 2.18. The second kappa shape index (κ2) is 4.99. The summed E-state index contributed by atoms with van der Waals surface area (Å²) in [5.41, 5.74) is 0. The molecule has 0 aromatic carbocycles. The van der Waals surface area contributed by atoms with E-state index < -0.39 is 12.3 Å². The Kier molecular flexibility index (Phi) is 3.94. The number of hydrogen-bond donors (Lipinski definition) is 1. The lowest BCUT2D eigenvalue weighted by atomic mass is 10.3. The molecule has 80 valence electrons. The van der Waals surface area contributed by atoms with E-state index >= 15 is 0 Å². The molecule has 1 atom stereocenters. The number of halogens is 2. The first-order chi connectivity index (χ1) is 6.65. The number of hydrogen-bond acceptors (Lipinski definition) is 4. The van der Waals surface area contributed by atoms with Crippen molar-refractivity contribution >= 4 is 0 Å². The van der Waals surface area contributed by atoms with Crippen molar-refractivity contribution in [2.45, 2.75) is 32.7 Å². The fourth-order valence-corrected chi connectivity index (χ4v) is 0.958. The molecule has 0 saturated heterocycles. The number of rotatable bonds is 5. The highest BCUT2D eigenvalue weighted by molar-refractivity contribution is 4.88. The second-order valence-corrected chi connectivity index (χ2v) is 2.96. The lowest BCUT2D eigenvalue weighted by molar-refractivity contribution is 0.112. The van der Waals surface area contributed by atoms with Gasteiger partial charge >= 0.3 is 6.43 Å². The molecule has 0 aliphatic rings. The van der Waals surface area contributed by atoms with Crippen LogP contribution in [-0.4, -0.2) is 16.7 Å². The van der Waals surface area contributed by atoms with Crippen molar-refractivity contribution in [3.8, 4) is 0 Å². The van der Waals surface area contributed by atoms with E-state index in [1.54, 1.807) is 6.92 Å². The number of nitrogens with one attached hydrogen (secondary N) is 1. The number of alkyl halides is 2. The standard InChI is InChI=1S/C8H13F2N3O/c1-3-4-11-5(2)7-12-13-8(14-7)6(9)10/h5-6,11H,3-4H2,1-2H3. The molecule has 0 fully saturated rings. The Morgan fingerprint density at radius 1 is 1.36 bits per heavy atom. The van der Waals surface area contributed by atoms with Crippen molar-refractivity contribution in [2.75, 3.05) is 6.54 Å². The molecule has 0 amide bonds. The maximum absolute atomic E-state index is 12.1. The summed E-state index contributed by atoms with van der Waals surface area (Å²) in [6.45, 7) is 4.59. The highest BCUT2D eigenvalue weighted by atomic mass is 19.3. The zero-order valence-corrected chi connectivity index (χ0v) is 8.13. The number of nitrogens with zero attached hydrogens (tertiary/aromatic N) is 2. The van der Waals surface area contributed by atoms with Crippen LogP contribution in [0.25, 0.3) is 0 Å². The van der Waals surface area contributed by atoms with Crippen molar-refractivity contribution in [1.82, 2.24) is 15.5 Å². The van der Waals surface area contributed by atoms with E-state index in [4.69, 9.17) is 4.42 Å². The third kappa shape index (κ3) is 2.73. The van der Waals surface area contributed by atoms with E-state index in [0.29, 0.717) is 0 Å². The second-order valence-electron chi connectivity index (χ2n) is 2.96. The van der Waals surface area contributed by atoms with Crippen LogP contribution in [0.1, 0.15) is 44.5 Å². The molecule has 1 unspecified atom stereocenters. The first-order valence-corrected chi connectivity index (χ1v) is 4.50. The van der Waals surface area contributed by atoms with Crippen LogP contribution in [0.15, 0.2) is 4.42 Å². The fraction of sp³-hybridized carbons (Fsp3) is 0.750. The summed E-state index contributed by atoms with van der Waals surface area (Å²) in [5, 5.41) is 9.83. The van der Waals surface area contributed by atoms with Gasteiger partial charge in [0, 0.05) is 0 Å². The van der Waals surface area contributed by atoms with Gasteiger partial charge in [0.15, 0.2) is 0 Å². The smallest absolute Gasteiger partial charge is 0.314 e. The Hall–Kier alpha value is -1.04. The Labute approximate surface area is 80.7 Å². The monoisotopic (exact) mass is 205 g/mol. The van der Waals surface area contributed by atoms with Gasteiger partial charge in [-0.3, -0.25) is 0 Å². The minimum atomic E-state index is -2.70. The Bertz CT molecular complexity index is 277. The molecule has 0 aliphatic heterocycles. The Balaban J connectivity index is 2.57. The summed E-state index contributed by atoms with van der Waals surface area (Å²) >= 11 is 0. The minimum Gasteiger partial charge on any atom is -0.418 e. The van der Waals surface area contributed by atoms with Gasteiger partial charge in [0.1, 0.15) is 0 Å². The quantitative estimate of drug-likeness (QED) is 0.799. The van der Waals surface area contributed by atoms with Gasteiger partial charge in [0.25, 0.3) is 5.89 Å². The predicted octanol–water partition coefficient (Wildman–Crippen LogP) is 2.07. The van der Waals surface area contributed by atoms with Gasteiger partial charge in [-0.1, -0.05) is 6.92 Å². The van der Waals surface area contributed by atoms with Crippen molar-refractivity contribution in [3.05, 3.63) is 11.8 Å². The summed E-state index contributed by atoms with van der Waals surface area (Å²) in [5.74, 6) is -0.418. The van der Waals surface area contributed by atoms with Crippen LogP contribution in [0.2, 0.25) is 0 Å². The molecule has 1 heterocycles. The maximum Gasteiger partial charge on any atom is 0.314 e. The summed E-state index contributed by atoms with van der Waals surface area (Å²) in [4.78, 5) is 0. The van der Waals surface area contributed by atoms with Gasteiger partial charge in [-0.25, -0.2) is 0 Å². The van der Waals surface area contributed by atoms with Crippen molar-refractivity contribution in [3.63, 3.8) is 0 Å². The van der Waals surface area contributed by atoms with Crippen LogP contribution >= 0.6 is 0 Å². The normalized spacial score (nSPS) is 13.5. The molecular weight excluding hydrogens is 192 g/mol. The molecular formula is C8H13F2N3O. The third-order valence-electron chi connectivity index (χ3n) is 1.71. The molecule has 14 heavy (non-hydrogen) atoms. The summed E-state index contributed by atoms with van der Waals surface area (Å²) in [6.07, 6.45) is -1.74. The Morgan fingerprint density at radius 2 is 2.00 bits per heavy atom. The summed E-state index contributed by atoms with van der Waals surface area (Å²) in [7, 11) is 0. The van der Waals surface area contributed by atoms with Crippen molar-refractivity contribution in [2.24, 2.45) is 0 Å². The number of aromatic nitrogens is 2. The molecule has 1 rings (SSSR count). The molecule has 0 aliphatic carbocycles. The first-order valence-electron chi connectivity index (χ1n) is 4.50. The van der Waals surface area contributed by atoms with Gasteiger partial charge in [-0.15, -0.1) is 10.2 Å². The van der Waals surface area contributed by atoms with E-state index in [1.165, 1.54) is 0 Å². The SMILES string of the molecule is CCCNC(C)c1nnc(C(F)F)o1. The molecule has 0 radical (unpaired) electrons. The average Bonchev–Trinajstić information content (AvgIpc) is 2.62. The van der Waals surface area contributed by atoms with Crippen LogP contribution in [0.5, 0.6) is 0 Å². The molecule has 1 N–H and O–H groups in total. The van der Waals surface area contributed by atoms with Gasteiger partial charge in [-0.05, 0) is 19.9 Å². The topological polar surface area (TPSA) is 51.0 Å². The molecule has 1 aromatic rings. The maximum atomic E-state index is 12.1. The zero-order chi connectivity index (χ0) is 10.6. The van der Waals surface area contributed by atoms with Crippen LogP contribution in [-0.2, 0) is 0 Å². The molecule has 1 aromatic heterocycles. The van der Waals surface area contributed by atoms with Crippen LogP contribution in [0.3, 0.4) is 0 Å². The lowest BCUT2D eigenvalue weighted by Gasteiger charge is -2.07. The average molecular weight is 205 g/mol. The third-order valence-corrected chi connectivity index (χ3v) is 1.71. The minimum absolute atomic E-state index is 0.185. The molecule has 0 spiro atoms. The molecule has 0 saturated carbocycles. The van der Waals surface area contributed by atoms with E-state index in [1.807, 2.05) is 6.92 Å². The van der Waals surface area contributed by atoms with Gasteiger partial charge < -0.3 is 9.73 Å². The van der Waals surface area contributed by atoms with Gasteiger partial charge in [0.2, 0.25) is 5.89 Å². The molecule has 0 bridgehead atoms. The predicted molar refractivity (Wildman–Crippen MR) is 46.0 cm³/mol.